The van der Waals surface area contributed by atoms with Gasteiger partial charge in [-0.05, 0) is 37.1 Å². The first kappa shape index (κ1) is 13.3. The second kappa shape index (κ2) is 6.09. The van der Waals surface area contributed by atoms with Gasteiger partial charge in [0.15, 0.2) is 0 Å². The van der Waals surface area contributed by atoms with Crippen molar-refractivity contribution < 1.29 is 9.53 Å². The summed E-state index contributed by atoms with van der Waals surface area (Å²) in [6, 6.07) is 4.40. The predicted molar refractivity (Wildman–Crippen MR) is 64.8 cm³/mol. The number of carbonyl (C=O) groups is 1. The summed E-state index contributed by atoms with van der Waals surface area (Å²) in [5.74, 6) is -0.418. The molecule has 0 spiro atoms. The molecule has 5 heteroatoms. The molecule has 0 bridgehead atoms. The van der Waals surface area contributed by atoms with E-state index in [1.807, 2.05) is 0 Å². The summed E-state index contributed by atoms with van der Waals surface area (Å²) in [5.41, 5.74) is 6.49. The lowest BCUT2D eigenvalue weighted by atomic mass is 10.1. The van der Waals surface area contributed by atoms with E-state index in [1.165, 1.54) is 0 Å². The third kappa shape index (κ3) is 4.00. The van der Waals surface area contributed by atoms with E-state index in [0.29, 0.717) is 23.1 Å². The normalized spacial score (nSPS) is 12.2. The fourth-order valence-corrected chi connectivity index (χ4v) is 1.89. The summed E-state index contributed by atoms with van der Waals surface area (Å²) in [7, 11) is 0. The van der Waals surface area contributed by atoms with Crippen molar-refractivity contribution in [3.8, 4) is 0 Å². The molecular weight excluding hydrogens is 249 g/mol. The highest BCUT2D eigenvalue weighted by Gasteiger charge is 2.15. The number of halogens is 2. The Morgan fingerprint density at radius 2 is 1.94 bits per heavy atom. The van der Waals surface area contributed by atoms with Gasteiger partial charge in [-0.3, -0.25) is 4.79 Å². The Labute approximate surface area is 104 Å². The van der Waals surface area contributed by atoms with Gasteiger partial charge in [0.1, 0.15) is 6.04 Å². The van der Waals surface area contributed by atoms with E-state index in [0.717, 1.165) is 5.56 Å². The van der Waals surface area contributed by atoms with Crippen LogP contribution in [-0.2, 0) is 16.0 Å². The smallest absolute Gasteiger partial charge is 0.323 e. The van der Waals surface area contributed by atoms with Crippen LogP contribution in [0, 0.1) is 0 Å². The lowest BCUT2D eigenvalue weighted by Gasteiger charge is -2.10. The summed E-state index contributed by atoms with van der Waals surface area (Å²) in [6.07, 6.45) is 0.360. The molecule has 0 radical (unpaired) electrons. The highest BCUT2D eigenvalue weighted by atomic mass is 35.5. The number of esters is 1. The van der Waals surface area contributed by atoms with E-state index in [4.69, 9.17) is 33.7 Å². The van der Waals surface area contributed by atoms with Gasteiger partial charge < -0.3 is 10.5 Å². The lowest BCUT2D eigenvalue weighted by molar-refractivity contribution is -0.144. The maximum atomic E-state index is 11.3. The minimum atomic E-state index is -0.686. The Morgan fingerprint density at radius 3 is 2.44 bits per heavy atom. The SMILES string of the molecule is CCOC(=O)[C@@H](N)Cc1cc(Cl)cc(Cl)c1. The van der Waals surface area contributed by atoms with Gasteiger partial charge in [0.05, 0.1) is 6.61 Å². The maximum Gasteiger partial charge on any atom is 0.323 e. The van der Waals surface area contributed by atoms with Crippen LogP contribution >= 0.6 is 23.2 Å². The third-order valence-electron chi connectivity index (χ3n) is 1.97. The van der Waals surface area contributed by atoms with Gasteiger partial charge in [-0.15, -0.1) is 0 Å². The Balaban J connectivity index is 2.69. The van der Waals surface area contributed by atoms with E-state index in [9.17, 15) is 4.79 Å². The van der Waals surface area contributed by atoms with Crippen LogP contribution in [0.1, 0.15) is 12.5 Å². The Hall–Kier alpha value is -0.770. The molecule has 1 atom stereocenters. The molecule has 0 aromatic heterocycles. The zero-order valence-corrected chi connectivity index (χ0v) is 10.4. The van der Waals surface area contributed by atoms with Gasteiger partial charge in [0.25, 0.3) is 0 Å². The molecular formula is C11H13Cl2NO2. The molecule has 0 amide bonds. The Morgan fingerprint density at radius 1 is 1.38 bits per heavy atom. The molecule has 0 aliphatic rings. The largest absolute Gasteiger partial charge is 0.465 e. The first-order chi connectivity index (χ1) is 7.52. The van der Waals surface area contributed by atoms with Crippen molar-refractivity contribution in [2.45, 2.75) is 19.4 Å². The second-order valence-electron chi connectivity index (χ2n) is 3.34. The molecule has 0 fully saturated rings. The molecule has 0 saturated heterocycles. The predicted octanol–water partition coefficient (Wildman–Crippen LogP) is 2.43. The number of rotatable bonds is 4. The quantitative estimate of drug-likeness (QED) is 0.848. The van der Waals surface area contributed by atoms with Crippen LogP contribution in [0.2, 0.25) is 10.0 Å². The number of hydrogen-bond donors (Lipinski definition) is 1. The Kier molecular flexibility index (Phi) is 5.06. The molecule has 1 aromatic rings. The average molecular weight is 262 g/mol. The molecule has 0 aliphatic heterocycles. The van der Waals surface area contributed by atoms with E-state index in [2.05, 4.69) is 0 Å². The van der Waals surface area contributed by atoms with E-state index in [-0.39, 0.29) is 0 Å². The number of hydrogen-bond acceptors (Lipinski definition) is 3. The molecule has 1 aromatic carbocycles. The van der Waals surface area contributed by atoms with Crippen LogP contribution in [0.5, 0.6) is 0 Å². The molecule has 0 saturated carbocycles. The van der Waals surface area contributed by atoms with Crippen molar-refractivity contribution in [3.05, 3.63) is 33.8 Å². The highest BCUT2D eigenvalue weighted by molar-refractivity contribution is 6.34. The molecule has 3 nitrogen and oxygen atoms in total. The van der Waals surface area contributed by atoms with Gasteiger partial charge in [-0.1, -0.05) is 23.2 Å². The fraction of sp³-hybridized carbons (Fsp3) is 0.364. The van der Waals surface area contributed by atoms with Gasteiger partial charge in [0.2, 0.25) is 0 Å². The van der Waals surface area contributed by atoms with Crippen molar-refractivity contribution in [2.75, 3.05) is 6.61 Å². The van der Waals surface area contributed by atoms with Crippen molar-refractivity contribution in [1.82, 2.24) is 0 Å². The minimum Gasteiger partial charge on any atom is -0.465 e. The van der Waals surface area contributed by atoms with E-state index < -0.39 is 12.0 Å². The lowest BCUT2D eigenvalue weighted by Crippen LogP contribution is -2.34. The summed E-state index contributed by atoms with van der Waals surface area (Å²) in [5, 5.41) is 1.05. The van der Waals surface area contributed by atoms with Crippen molar-refractivity contribution in [1.29, 1.82) is 0 Å². The van der Waals surface area contributed by atoms with Crippen LogP contribution in [-0.4, -0.2) is 18.6 Å². The summed E-state index contributed by atoms with van der Waals surface area (Å²) >= 11 is 11.7. The van der Waals surface area contributed by atoms with Crippen LogP contribution in [0.3, 0.4) is 0 Å². The van der Waals surface area contributed by atoms with Gasteiger partial charge >= 0.3 is 5.97 Å². The minimum absolute atomic E-state index is 0.322. The van der Waals surface area contributed by atoms with Crippen molar-refractivity contribution in [2.24, 2.45) is 5.73 Å². The van der Waals surface area contributed by atoms with Crippen LogP contribution in [0.25, 0.3) is 0 Å². The third-order valence-corrected chi connectivity index (χ3v) is 2.40. The summed E-state index contributed by atoms with van der Waals surface area (Å²) < 4.78 is 4.81. The molecule has 0 aliphatic carbocycles. The molecule has 0 unspecified atom stereocenters. The standard InChI is InChI=1S/C11H13Cl2NO2/c1-2-16-11(15)10(14)5-7-3-8(12)6-9(13)4-7/h3-4,6,10H,2,5,14H2,1H3/t10-/m0/s1. The average Bonchev–Trinajstić information content (AvgIpc) is 2.16. The monoisotopic (exact) mass is 261 g/mol. The molecule has 2 N–H and O–H groups in total. The van der Waals surface area contributed by atoms with E-state index >= 15 is 0 Å². The molecule has 88 valence electrons. The second-order valence-corrected chi connectivity index (χ2v) is 4.21. The number of benzene rings is 1. The molecule has 0 heterocycles. The van der Waals surface area contributed by atoms with Crippen molar-refractivity contribution >= 4 is 29.2 Å². The Bertz CT molecular complexity index is 362. The summed E-state index contributed by atoms with van der Waals surface area (Å²) in [6.45, 7) is 2.06. The zero-order chi connectivity index (χ0) is 12.1. The van der Waals surface area contributed by atoms with Gasteiger partial charge in [-0.2, -0.15) is 0 Å². The topological polar surface area (TPSA) is 52.3 Å². The number of nitrogens with two attached hydrogens (primary N) is 1. The van der Waals surface area contributed by atoms with Crippen LogP contribution in [0.15, 0.2) is 18.2 Å². The van der Waals surface area contributed by atoms with Crippen LogP contribution < -0.4 is 5.73 Å². The first-order valence-corrected chi connectivity index (χ1v) is 5.65. The maximum absolute atomic E-state index is 11.3. The van der Waals surface area contributed by atoms with E-state index in [1.54, 1.807) is 25.1 Å². The molecule has 1 rings (SSSR count). The number of ether oxygens (including phenoxy) is 1. The first-order valence-electron chi connectivity index (χ1n) is 4.90. The van der Waals surface area contributed by atoms with Gasteiger partial charge in [-0.25, -0.2) is 0 Å². The molecule has 16 heavy (non-hydrogen) atoms. The van der Waals surface area contributed by atoms with Gasteiger partial charge in [0, 0.05) is 10.0 Å². The summed E-state index contributed by atoms with van der Waals surface area (Å²) in [4.78, 5) is 11.3. The fourth-order valence-electron chi connectivity index (χ4n) is 1.32. The zero-order valence-electron chi connectivity index (χ0n) is 8.87. The number of carbonyl (C=O) groups excluding carboxylic acids is 1. The van der Waals surface area contributed by atoms with Crippen molar-refractivity contribution in [3.63, 3.8) is 0 Å². The highest BCUT2D eigenvalue weighted by Crippen LogP contribution is 2.19. The van der Waals surface area contributed by atoms with Crippen LogP contribution in [0.4, 0.5) is 0 Å².